The predicted octanol–water partition coefficient (Wildman–Crippen LogP) is 2.59. The molecule has 1 aromatic rings. The number of pyridine rings is 1. The van der Waals surface area contributed by atoms with Crippen LogP contribution in [0.25, 0.3) is 5.70 Å². The number of urea groups is 1. The van der Waals surface area contributed by atoms with Crippen molar-refractivity contribution < 1.29 is 9.53 Å². The number of nitrogens with one attached hydrogen (secondary N) is 2. The van der Waals surface area contributed by atoms with E-state index in [1.165, 1.54) is 24.3 Å². The van der Waals surface area contributed by atoms with Crippen LogP contribution in [0.5, 0.6) is 5.75 Å². The molecule has 1 aromatic heterocycles. The Bertz CT molecular complexity index is 754. The van der Waals surface area contributed by atoms with Crippen LogP contribution in [0, 0.1) is 12.8 Å². The van der Waals surface area contributed by atoms with Gasteiger partial charge in [0.15, 0.2) is 0 Å². The summed E-state index contributed by atoms with van der Waals surface area (Å²) in [4.78, 5) is 16.9. The van der Waals surface area contributed by atoms with E-state index >= 15 is 0 Å². The maximum Gasteiger partial charge on any atom is 0.320 e. The highest BCUT2D eigenvalue weighted by Crippen LogP contribution is 2.32. The zero-order valence-corrected chi connectivity index (χ0v) is 17.7. The number of carbonyl (C=O) groups excluding carboxylic acids is 1. The molecule has 2 aliphatic carbocycles. The topological polar surface area (TPSA) is 119 Å². The molecule has 3 rings (SSSR count). The first kappa shape index (κ1) is 21.2. The summed E-state index contributed by atoms with van der Waals surface area (Å²) in [6.07, 6.45) is 8.45. The lowest BCUT2D eigenvalue weighted by atomic mass is 9.98. The van der Waals surface area contributed by atoms with Crippen LogP contribution < -0.4 is 26.9 Å². The molecule has 1 heterocycles. The minimum atomic E-state index is -0.325. The molecule has 6 N–H and O–H groups in total. The zero-order valence-electron chi connectivity index (χ0n) is 17.7. The predicted molar refractivity (Wildman–Crippen MR) is 113 cm³/mol. The molecule has 8 heteroatoms. The molecule has 2 saturated carbocycles. The molecule has 0 unspecified atom stereocenters. The van der Waals surface area contributed by atoms with Crippen LogP contribution in [-0.4, -0.2) is 35.2 Å². The van der Waals surface area contributed by atoms with Gasteiger partial charge in [-0.15, -0.1) is 0 Å². The molecule has 2 amide bonds. The lowest BCUT2D eigenvalue weighted by molar-refractivity contribution is 0.153. The van der Waals surface area contributed by atoms with E-state index in [1.807, 2.05) is 19.9 Å². The van der Waals surface area contributed by atoms with Crippen molar-refractivity contribution in [2.45, 2.75) is 70.9 Å². The van der Waals surface area contributed by atoms with Gasteiger partial charge in [-0.3, -0.25) is 10.3 Å². The van der Waals surface area contributed by atoms with Gasteiger partial charge in [-0.25, -0.2) is 15.6 Å². The summed E-state index contributed by atoms with van der Waals surface area (Å²) in [6.45, 7) is 3.91. The minimum absolute atomic E-state index is 0.122. The third kappa shape index (κ3) is 5.76. The van der Waals surface area contributed by atoms with E-state index in [4.69, 9.17) is 16.3 Å². The van der Waals surface area contributed by atoms with Crippen molar-refractivity contribution >= 4 is 11.7 Å². The number of hydrazine groups is 1. The summed E-state index contributed by atoms with van der Waals surface area (Å²) in [7, 11) is 1.63. The van der Waals surface area contributed by atoms with Gasteiger partial charge in [0.1, 0.15) is 17.3 Å². The number of carbonyl (C=O) groups is 1. The van der Waals surface area contributed by atoms with E-state index in [2.05, 4.69) is 15.6 Å². The van der Waals surface area contributed by atoms with Gasteiger partial charge in [0.05, 0.1) is 17.5 Å². The van der Waals surface area contributed by atoms with Gasteiger partial charge < -0.3 is 15.8 Å². The fraction of sp³-hybridized carbons (Fsp3) is 0.619. The number of rotatable bonds is 7. The van der Waals surface area contributed by atoms with E-state index in [0.717, 1.165) is 37.1 Å². The first-order valence-electron chi connectivity index (χ1n) is 10.6. The van der Waals surface area contributed by atoms with Gasteiger partial charge >= 0.3 is 6.03 Å². The fourth-order valence-corrected chi connectivity index (χ4v) is 3.72. The minimum Gasteiger partial charge on any atom is -0.489 e. The smallest absolute Gasteiger partial charge is 0.320 e. The molecule has 0 aromatic carbocycles. The Morgan fingerprint density at radius 1 is 1.24 bits per heavy atom. The van der Waals surface area contributed by atoms with Gasteiger partial charge in [-0.1, -0.05) is 6.42 Å². The molecule has 1 atom stereocenters. The average molecular weight is 403 g/mol. The van der Waals surface area contributed by atoms with Crippen LogP contribution in [0.2, 0.25) is 0 Å². The quantitative estimate of drug-likeness (QED) is 0.411. The maximum absolute atomic E-state index is 12.3. The Labute approximate surface area is 173 Å². The number of aryl methyl sites for hydroxylation is 1. The summed E-state index contributed by atoms with van der Waals surface area (Å²) in [5.41, 5.74) is 7.92. The Morgan fingerprint density at radius 2 is 1.93 bits per heavy atom. The summed E-state index contributed by atoms with van der Waals surface area (Å²) in [5.74, 6) is 7.56. The Morgan fingerprint density at radius 3 is 2.52 bits per heavy atom. The van der Waals surface area contributed by atoms with Gasteiger partial charge in [0.25, 0.3) is 0 Å². The second-order valence-corrected chi connectivity index (χ2v) is 8.26. The first-order valence-corrected chi connectivity index (χ1v) is 10.6. The SMILES string of the molecule is Cc1nc(/C(N)=C(\NC(=O)N[C@H](C)C2CC2)N(C)N)ccc1OC1CCCCC1. The molecule has 8 nitrogen and oxygen atoms in total. The summed E-state index contributed by atoms with van der Waals surface area (Å²) < 4.78 is 6.13. The van der Waals surface area contributed by atoms with Crippen LogP contribution >= 0.6 is 0 Å². The van der Waals surface area contributed by atoms with E-state index in [0.29, 0.717) is 23.1 Å². The van der Waals surface area contributed by atoms with Crippen molar-refractivity contribution in [3.8, 4) is 5.75 Å². The van der Waals surface area contributed by atoms with Crippen LogP contribution in [0.15, 0.2) is 18.0 Å². The number of aromatic nitrogens is 1. The number of nitrogens with two attached hydrogens (primary N) is 2. The molecular formula is C21H34N6O2. The summed E-state index contributed by atoms with van der Waals surface area (Å²) in [5, 5.41) is 6.99. The largest absolute Gasteiger partial charge is 0.489 e. The highest BCUT2D eigenvalue weighted by atomic mass is 16.5. The first-order chi connectivity index (χ1) is 13.8. The van der Waals surface area contributed by atoms with Crippen molar-refractivity contribution in [1.82, 2.24) is 20.6 Å². The maximum atomic E-state index is 12.3. The van der Waals surface area contributed by atoms with Crippen molar-refractivity contribution in [3.05, 3.63) is 29.3 Å². The van der Waals surface area contributed by atoms with Crippen molar-refractivity contribution in [3.63, 3.8) is 0 Å². The Hall–Kier alpha value is -2.48. The number of ether oxygens (including phenoxy) is 1. The molecule has 160 valence electrons. The summed E-state index contributed by atoms with van der Waals surface area (Å²) in [6, 6.07) is 3.49. The van der Waals surface area contributed by atoms with Crippen LogP contribution in [0.1, 0.15) is 63.3 Å². The van der Waals surface area contributed by atoms with Gasteiger partial charge in [-0.05, 0) is 70.4 Å². The zero-order chi connectivity index (χ0) is 21.0. The van der Waals surface area contributed by atoms with Crippen molar-refractivity contribution in [2.24, 2.45) is 17.5 Å². The molecule has 2 aliphatic rings. The van der Waals surface area contributed by atoms with Crippen molar-refractivity contribution in [2.75, 3.05) is 7.05 Å². The number of amides is 2. The van der Waals surface area contributed by atoms with Crippen LogP contribution in [0.3, 0.4) is 0 Å². The molecule has 0 spiro atoms. The van der Waals surface area contributed by atoms with E-state index in [1.54, 1.807) is 13.1 Å². The molecule has 2 fully saturated rings. The van der Waals surface area contributed by atoms with Gasteiger partial charge in [0, 0.05) is 13.1 Å². The van der Waals surface area contributed by atoms with Crippen molar-refractivity contribution in [1.29, 1.82) is 0 Å². The van der Waals surface area contributed by atoms with E-state index < -0.39 is 0 Å². The number of nitrogens with zero attached hydrogens (tertiary/aromatic N) is 2. The monoisotopic (exact) mass is 402 g/mol. The highest BCUT2D eigenvalue weighted by Gasteiger charge is 2.29. The third-order valence-corrected chi connectivity index (χ3v) is 5.69. The standard InChI is InChI=1S/C21H34N6O2/c1-13(15-9-10-15)25-21(28)26-20(27(3)23)19(22)17-11-12-18(14(2)24-17)29-16-7-5-4-6-8-16/h11-13,15-16H,4-10,22-23H2,1-3H3,(H2,25,26,28)/b20-19-/t13-/m1/s1. The van der Waals surface area contributed by atoms with Crippen LogP contribution in [0.4, 0.5) is 4.79 Å². The average Bonchev–Trinajstić information content (AvgIpc) is 3.53. The second kappa shape index (κ2) is 9.35. The molecular weight excluding hydrogens is 368 g/mol. The van der Waals surface area contributed by atoms with Gasteiger partial charge in [-0.2, -0.15) is 0 Å². The third-order valence-electron chi connectivity index (χ3n) is 5.69. The molecule has 0 radical (unpaired) electrons. The van der Waals surface area contributed by atoms with E-state index in [9.17, 15) is 4.79 Å². The van der Waals surface area contributed by atoms with Gasteiger partial charge in [0.2, 0.25) is 0 Å². The Kier molecular flexibility index (Phi) is 6.84. The lowest BCUT2D eigenvalue weighted by Gasteiger charge is -2.24. The highest BCUT2D eigenvalue weighted by molar-refractivity contribution is 5.79. The normalized spacial score (nSPS) is 19.2. The molecule has 29 heavy (non-hydrogen) atoms. The van der Waals surface area contributed by atoms with E-state index in [-0.39, 0.29) is 18.2 Å². The molecule has 0 saturated heterocycles. The molecule has 0 aliphatic heterocycles. The summed E-state index contributed by atoms with van der Waals surface area (Å²) >= 11 is 0. The lowest BCUT2D eigenvalue weighted by Crippen LogP contribution is -2.46. The van der Waals surface area contributed by atoms with Crippen LogP contribution in [-0.2, 0) is 0 Å². The number of hydrogen-bond donors (Lipinski definition) is 4. The molecule has 0 bridgehead atoms. The second-order valence-electron chi connectivity index (χ2n) is 8.26. The Balaban J connectivity index is 1.71. The fourth-order valence-electron chi connectivity index (χ4n) is 3.72. The number of hydrogen-bond acceptors (Lipinski definition) is 6.